The van der Waals surface area contributed by atoms with Crippen LogP contribution in [-0.2, 0) is 0 Å². The maximum Gasteiger partial charge on any atom is 0.254 e. The van der Waals surface area contributed by atoms with Gasteiger partial charge in [-0.1, -0.05) is 13.8 Å². The van der Waals surface area contributed by atoms with Crippen LogP contribution in [-0.4, -0.2) is 23.2 Å². The molecule has 19 heavy (non-hydrogen) atoms. The predicted octanol–water partition coefficient (Wildman–Crippen LogP) is 2.49. The summed E-state index contributed by atoms with van der Waals surface area (Å²) in [5.74, 6) is -2.04. The second-order valence-electron chi connectivity index (χ2n) is 5.40. The second-order valence-corrected chi connectivity index (χ2v) is 5.40. The summed E-state index contributed by atoms with van der Waals surface area (Å²) in [6, 6.07) is 2.75. The molecule has 5 heteroatoms. The first-order valence-corrected chi connectivity index (χ1v) is 6.17. The van der Waals surface area contributed by atoms with Crippen molar-refractivity contribution in [2.75, 3.05) is 6.54 Å². The van der Waals surface area contributed by atoms with Gasteiger partial charge in [0.2, 0.25) is 0 Å². The topological polar surface area (TPSA) is 49.3 Å². The molecule has 1 rings (SSSR count). The molecule has 0 saturated carbocycles. The maximum atomic E-state index is 13.4. The van der Waals surface area contributed by atoms with E-state index >= 15 is 0 Å². The van der Waals surface area contributed by atoms with E-state index in [2.05, 4.69) is 5.32 Å². The smallest absolute Gasteiger partial charge is 0.254 e. The average molecular weight is 271 g/mol. The highest BCUT2D eigenvalue weighted by molar-refractivity contribution is 5.94. The molecule has 1 atom stereocenters. The van der Waals surface area contributed by atoms with E-state index in [1.807, 2.05) is 13.8 Å². The van der Waals surface area contributed by atoms with Crippen molar-refractivity contribution >= 4 is 5.91 Å². The van der Waals surface area contributed by atoms with E-state index in [9.17, 15) is 18.7 Å². The number of benzene rings is 1. The minimum absolute atomic E-state index is 0.0147. The minimum Gasteiger partial charge on any atom is -0.388 e. The van der Waals surface area contributed by atoms with E-state index in [-0.39, 0.29) is 18.0 Å². The van der Waals surface area contributed by atoms with Crippen molar-refractivity contribution < 1.29 is 18.7 Å². The van der Waals surface area contributed by atoms with Gasteiger partial charge in [-0.25, -0.2) is 8.78 Å². The number of nitrogens with one attached hydrogen (secondary N) is 1. The Hall–Kier alpha value is -1.49. The zero-order valence-corrected chi connectivity index (χ0v) is 11.3. The highest BCUT2D eigenvalue weighted by Gasteiger charge is 2.23. The lowest BCUT2D eigenvalue weighted by atomic mass is 9.94. The van der Waals surface area contributed by atoms with Gasteiger partial charge in [-0.15, -0.1) is 0 Å². The standard InChI is InChI=1S/C14H19F2NO2/c1-9(2)7-14(3,19)8-17-13(18)11-5-4-10(15)6-12(11)16/h4-6,9,19H,7-8H2,1-3H3,(H,17,18). The first kappa shape index (κ1) is 15.6. The highest BCUT2D eigenvalue weighted by atomic mass is 19.1. The Labute approximate surface area is 111 Å². The molecule has 0 bridgehead atoms. The van der Waals surface area contributed by atoms with Crippen LogP contribution in [0.25, 0.3) is 0 Å². The van der Waals surface area contributed by atoms with Gasteiger partial charge in [-0.2, -0.15) is 0 Å². The molecule has 0 aromatic heterocycles. The van der Waals surface area contributed by atoms with Crippen LogP contribution in [0.2, 0.25) is 0 Å². The van der Waals surface area contributed by atoms with Crippen molar-refractivity contribution in [1.29, 1.82) is 0 Å². The summed E-state index contributed by atoms with van der Waals surface area (Å²) in [5, 5.41) is 12.5. The average Bonchev–Trinajstić information content (AvgIpc) is 2.24. The molecule has 0 aliphatic rings. The van der Waals surface area contributed by atoms with Gasteiger partial charge in [0.1, 0.15) is 11.6 Å². The lowest BCUT2D eigenvalue weighted by molar-refractivity contribution is 0.0367. The Morgan fingerprint density at radius 1 is 1.42 bits per heavy atom. The van der Waals surface area contributed by atoms with E-state index in [0.717, 1.165) is 12.1 Å². The molecule has 1 amide bonds. The van der Waals surface area contributed by atoms with E-state index in [1.165, 1.54) is 0 Å². The van der Waals surface area contributed by atoms with E-state index < -0.39 is 23.1 Å². The molecule has 0 aliphatic heterocycles. The molecule has 0 radical (unpaired) electrons. The Balaban J connectivity index is 2.65. The van der Waals surface area contributed by atoms with Crippen LogP contribution in [0.5, 0.6) is 0 Å². The molecule has 0 fully saturated rings. The molecule has 0 aliphatic carbocycles. The van der Waals surface area contributed by atoms with Crippen LogP contribution in [0.3, 0.4) is 0 Å². The quantitative estimate of drug-likeness (QED) is 0.864. The molecule has 106 valence electrons. The van der Waals surface area contributed by atoms with Gasteiger partial charge in [0.15, 0.2) is 0 Å². The summed E-state index contributed by atoms with van der Waals surface area (Å²) in [4.78, 5) is 11.7. The molecular weight excluding hydrogens is 252 g/mol. The Morgan fingerprint density at radius 3 is 2.58 bits per heavy atom. The second kappa shape index (κ2) is 6.10. The van der Waals surface area contributed by atoms with E-state index in [4.69, 9.17) is 0 Å². The van der Waals surface area contributed by atoms with Crippen molar-refractivity contribution in [3.8, 4) is 0 Å². The molecule has 0 heterocycles. The largest absolute Gasteiger partial charge is 0.388 e. The molecule has 2 N–H and O–H groups in total. The zero-order chi connectivity index (χ0) is 14.6. The minimum atomic E-state index is -1.06. The zero-order valence-electron chi connectivity index (χ0n) is 11.3. The van der Waals surface area contributed by atoms with Crippen molar-refractivity contribution in [3.05, 3.63) is 35.4 Å². The first-order valence-electron chi connectivity index (χ1n) is 6.17. The summed E-state index contributed by atoms with van der Waals surface area (Å²) in [7, 11) is 0. The third kappa shape index (κ3) is 4.95. The molecule has 3 nitrogen and oxygen atoms in total. The fraction of sp³-hybridized carbons (Fsp3) is 0.500. The maximum absolute atomic E-state index is 13.4. The van der Waals surface area contributed by atoms with Crippen molar-refractivity contribution in [2.45, 2.75) is 32.8 Å². The Morgan fingerprint density at radius 2 is 2.05 bits per heavy atom. The lowest BCUT2D eigenvalue weighted by Crippen LogP contribution is -2.41. The summed E-state index contributed by atoms with van der Waals surface area (Å²) in [6.07, 6.45) is 0.513. The molecular formula is C14H19F2NO2. The fourth-order valence-electron chi connectivity index (χ4n) is 1.99. The SMILES string of the molecule is CC(C)CC(C)(O)CNC(=O)c1ccc(F)cc1F. The number of halogens is 2. The summed E-state index contributed by atoms with van der Waals surface area (Å²) >= 11 is 0. The van der Waals surface area contributed by atoms with Crippen LogP contribution in [0.1, 0.15) is 37.6 Å². The molecule has 0 saturated heterocycles. The van der Waals surface area contributed by atoms with E-state index in [0.29, 0.717) is 12.5 Å². The van der Waals surface area contributed by atoms with Crippen molar-refractivity contribution in [2.24, 2.45) is 5.92 Å². The van der Waals surface area contributed by atoms with Gasteiger partial charge >= 0.3 is 0 Å². The number of aliphatic hydroxyl groups is 1. The van der Waals surface area contributed by atoms with Gasteiger partial charge in [0.05, 0.1) is 11.2 Å². The van der Waals surface area contributed by atoms with Crippen LogP contribution >= 0.6 is 0 Å². The van der Waals surface area contributed by atoms with Gasteiger partial charge in [-0.05, 0) is 31.4 Å². The third-order valence-electron chi connectivity index (χ3n) is 2.65. The number of carbonyl (C=O) groups is 1. The van der Waals surface area contributed by atoms with E-state index in [1.54, 1.807) is 6.92 Å². The third-order valence-corrected chi connectivity index (χ3v) is 2.65. The molecule has 1 aromatic rings. The molecule has 0 spiro atoms. The Kier molecular flexibility index (Phi) is 5.00. The van der Waals surface area contributed by atoms with Crippen molar-refractivity contribution in [3.63, 3.8) is 0 Å². The number of rotatable bonds is 5. The monoisotopic (exact) mass is 271 g/mol. The number of amides is 1. The molecule has 1 aromatic carbocycles. The summed E-state index contributed by atoms with van der Waals surface area (Å²) in [6.45, 7) is 5.53. The Bertz CT molecular complexity index is 459. The highest BCUT2D eigenvalue weighted by Crippen LogP contribution is 2.16. The van der Waals surface area contributed by atoms with Gasteiger partial charge in [-0.3, -0.25) is 4.79 Å². The first-order chi connectivity index (χ1) is 8.71. The number of carbonyl (C=O) groups excluding carboxylic acids is 1. The molecule has 1 unspecified atom stereocenters. The fourth-order valence-corrected chi connectivity index (χ4v) is 1.99. The van der Waals surface area contributed by atoms with Gasteiger partial charge in [0.25, 0.3) is 5.91 Å². The normalized spacial score (nSPS) is 14.3. The predicted molar refractivity (Wildman–Crippen MR) is 68.8 cm³/mol. The van der Waals surface area contributed by atoms with Crippen molar-refractivity contribution in [1.82, 2.24) is 5.32 Å². The van der Waals surface area contributed by atoms with Crippen LogP contribution < -0.4 is 5.32 Å². The summed E-state index contributed by atoms with van der Waals surface area (Å²) < 4.78 is 26.1. The van der Waals surface area contributed by atoms with Crippen LogP contribution in [0.4, 0.5) is 8.78 Å². The number of hydrogen-bond donors (Lipinski definition) is 2. The van der Waals surface area contributed by atoms with Crippen LogP contribution in [0.15, 0.2) is 18.2 Å². The lowest BCUT2D eigenvalue weighted by Gasteiger charge is -2.25. The number of hydrogen-bond acceptors (Lipinski definition) is 2. The van der Waals surface area contributed by atoms with Crippen LogP contribution in [0, 0.1) is 17.6 Å². The van der Waals surface area contributed by atoms with Gasteiger partial charge < -0.3 is 10.4 Å². The van der Waals surface area contributed by atoms with Gasteiger partial charge in [0, 0.05) is 12.6 Å². The summed E-state index contributed by atoms with van der Waals surface area (Å²) in [5.41, 5.74) is -1.29.